The van der Waals surface area contributed by atoms with E-state index in [0.717, 1.165) is 32.4 Å². The predicted octanol–water partition coefficient (Wildman–Crippen LogP) is 1.46. The smallest absolute Gasteiger partial charge is 0.211 e. The normalized spacial score (nSPS) is 15.4. The monoisotopic (exact) mass is 296 g/mol. The van der Waals surface area contributed by atoms with Gasteiger partial charge in [0.1, 0.15) is 0 Å². The standard InChI is InChI=1S/C15H24N2O2S/c1-2-8-16-9-5-10-20(18,19)17-15-11-13-6-3-4-7-14(13)12-15/h3-4,6-7,15-17H,2,5,8-12H2,1H3. The molecule has 1 aromatic rings. The van der Waals surface area contributed by atoms with E-state index in [1.165, 1.54) is 11.1 Å². The van der Waals surface area contributed by atoms with E-state index in [1.807, 2.05) is 12.1 Å². The van der Waals surface area contributed by atoms with Gasteiger partial charge in [0.2, 0.25) is 10.0 Å². The lowest BCUT2D eigenvalue weighted by Crippen LogP contribution is -2.37. The molecule has 1 aromatic carbocycles. The molecule has 0 bridgehead atoms. The van der Waals surface area contributed by atoms with E-state index in [4.69, 9.17) is 0 Å². The van der Waals surface area contributed by atoms with E-state index in [0.29, 0.717) is 6.42 Å². The molecule has 112 valence electrons. The molecule has 0 saturated heterocycles. The topological polar surface area (TPSA) is 58.2 Å². The molecular formula is C15H24N2O2S. The molecule has 2 N–H and O–H groups in total. The lowest BCUT2D eigenvalue weighted by molar-refractivity contribution is 0.550. The molecule has 0 fully saturated rings. The third-order valence-electron chi connectivity index (χ3n) is 3.59. The molecule has 1 aliphatic carbocycles. The number of hydrogen-bond acceptors (Lipinski definition) is 3. The van der Waals surface area contributed by atoms with Gasteiger partial charge in [-0.1, -0.05) is 31.2 Å². The van der Waals surface area contributed by atoms with E-state index in [9.17, 15) is 8.42 Å². The van der Waals surface area contributed by atoms with Crippen LogP contribution in [0.1, 0.15) is 30.9 Å². The van der Waals surface area contributed by atoms with Gasteiger partial charge < -0.3 is 5.32 Å². The van der Waals surface area contributed by atoms with Crippen LogP contribution in [0, 0.1) is 0 Å². The Labute approximate surface area is 122 Å². The summed E-state index contributed by atoms with van der Waals surface area (Å²) in [5, 5.41) is 3.22. The highest BCUT2D eigenvalue weighted by molar-refractivity contribution is 7.89. The van der Waals surface area contributed by atoms with Gasteiger partial charge in [-0.05, 0) is 49.9 Å². The van der Waals surface area contributed by atoms with Crippen LogP contribution in [0.4, 0.5) is 0 Å². The largest absolute Gasteiger partial charge is 0.317 e. The van der Waals surface area contributed by atoms with Gasteiger partial charge in [-0.25, -0.2) is 13.1 Å². The molecule has 0 aliphatic heterocycles. The van der Waals surface area contributed by atoms with E-state index in [-0.39, 0.29) is 11.8 Å². The zero-order chi connectivity index (χ0) is 14.4. The summed E-state index contributed by atoms with van der Waals surface area (Å²) in [6.45, 7) is 3.81. The molecule has 0 radical (unpaired) electrons. The fourth-order valence-electron chi connectivity index (χ4n) is 2.64. The Morgan fingerprint density at radius 1 is 1.15 bits per heavy atom. The van der Waals surface area contributed by atoms with Gasteiger partial charge in [-0.2, -0.15) is 0 Å². The van der Waals surface area contributed by atoms with Gasteiger partial charge in [0.05, 0.1) is 5.75 Å². The van der Waals surface area contributed by atoms with Gasteiger partial charge in [0, 0.05) is 6.04 Å². The lowest BCUT2D eigenvalue weighted by Gasteiger charge is -2.12. The third-order valence-corrected chi connectivity index (χ3v) is 5.11. The molecule has 0 atom stereocenters. The Morgan fingerprint density at radius 2 is 1.80 bits per heavy atom. The van der Waals surface area contributed by atoms with Crippen molar-refractivity contribution in [1.82, 2.24) is 10.0 Å². The Kier molecular flexibility index (Phi) is 5.57. The van der Waals surface area contributed by atoms with E-state index >= 15 is 0 Å². The summed E-state index contributed by atoms with van der Waals surface area (Å²) in [6.07, 6.45) is 3.35. The number of nitrogens with one attached hydrogen (secondary N) is 2. The number of benzene rings is 1. The first-order chi connectivity index (χ1) is 9.61. The van der Waals surface area contributed by atoms with Crippen molar-refractivity contribution < 1.29 is 8.42 Å². The molecular weight excluding hydrogens is 272 g/mol. The van der Waals surface area contributed by atoms with Crippen molar-refractivity contribution in [3.8, 4) is 0 Å². The maximum Gasteiger partial charge on any atom is 0.211 e. The Balaban J connectivity index is 1.76. The van der Waals surface area contributed by atoms with Gasteiger partial charge in [0.15, 0.2) is 0 Å². The summed E-state index contributed by atoms with van der Waals surface area (Å²) in [5.74, 6) is 0.205. The quantitative estimate of drug-likeness (QED) is 0.714. The molecule has 0 unspecified atom stereocenters. The van der Waals surface area contributed by atoms with Crippen molar-refractivity contribution in [2.45, 2.75) is 38.6 Å². The third kappa shape index (κ3) is 4.58. The first-order valence-corrected chi connectivity index (χ1v) is 9.03. The second kappa shape index (κ2) is 7.20. The van der Waals surface area contributed by atoms with Crippen molar-refractivity contribution in [1.29, 1.82) is 0 Å². The number of sulfonamides is 1. The van der Waals surface area contributed by atoms with Crippen LogP contribution in [0.5, 0.6) is 0 Å². The zero-order valence-electron chi connectivity index (χ0n) is 12.1. The number of rotatable bonds is 8. The molecule has 4 nitrogen and oxygen atoms in total. The summed E-state index contributed by atoms with van der Waals surface area (Å²) in [6, 6.07) is 8.21. The van der Waals surface area contributed by atoms with Crippen molar-refractivity contribution in [3.05, 3.63) is 35.4 Å². The zero-order valence-corrected chi connectivity index (χ0v) is 12.9. The highest BCUT2D eigenvalue weighted by Crippen LogP contribution is 2.22. The molecule has 20 heavy (non-hydrogen) atoms. The summed E-state index contributed by atoms with van der Waals surface area (Å²) < 4.78 is 26.9. The fraction of sp³-hybridized carbons (Fsp3) is 0.600. The van der Waals surface area contributed by atoms with Gasteiger partial charge in [-0.15, -0.1) is 0 Å². The van der Waals surface area contributed by atoms with Crippen LogP contribution in [0.2, 0.25) is 0 Å². The SMILES string of the molecule is CCCNCCCS(=O)(=O)NC1Cc2ccccc2C1. The predicted molar refractivity (Wildman–Crippen MR) is 82.3 cm³/mol. The van der Waals surface area contributed by atoms with E-state index < -0.39 is 10.0 Å². The van der Waals surface area contributed by atoms with Gasteiger partial charge in [0.25, 0.3) is 0 Å². The second-order valence-corrected chi connectivity index (χ2v) is 7.29. The van der Waals surface area contributed by atoms with Crippen LogP contribution in [0.25, 0.3) is 0 Å². The maximum atomic E-state index is 12.0. The molecule has 0 saturated carbocycles. The van der Waals surface area contributed by atoms with Crippen molar-refractivity contribution >= 4 is 10.0 Å². The van der Waals surface area contributed by atoms with Crippen LogP contribution in [0.3, 0.4) is 0 Å². The number of fused-ring (bicyclic) bond motifs is 1. The van der Waals surface area contributed by atoms with E-state index in [1.54, 1.807) is 0 Å². The van der Waals surface area contributed by atoms with Crippen LogP contribution >= 0.6 is 0 Å². The first kappa shape index (κ1) is 15.5. The van der Waals surface area contributed by atoms with E-state index in [2.05, 4.69) is 29.1 Å². The van der Waals surface area contributed by atoms with Crippen molar-refractivity contribution in [2.75, 3.05) is 18.8 Å². The molecule has 0 spiro atoms. The molecule has 0 aromatic heterocycles. The minimum atomic E-state index is -3.16. The average Bonchev–Trinajstić information content (AvgIpc) is 2.79. The summed E-state index contributed by atoms with van der Waals surface area (Å²) >= 11 is 0. The summed E-state index contributed by atoms with van der Waals surface area (Å²) in [4.78, 5) is 0. The second-order valence-electron chi connectivity index (χ2n) is 5.41. The van der Waals surface area contributed by atoms with Crippen molar-refractivity contribution in [2.24, 2.45) is 0 Å². The van der Waals surface area contributed by atoms with Crippen LogP contribution in [-0.4, -0.2) is 33.3 Å². The first-order valence-electron chi connectivity index (χ1n) is 7.38. The van der Waals surface area contributed by atoms with Gasteiger partial charge in [-0.3, -0.25) is 0 Å². The van der Waals surface area contributed by atoms with Crippen LogP contribution in [-0.2, 0) is 22.9 Å². The summed E-state index contributed by atoms with van der Waals surface area (Å²) in [5.41, 5.74) is 2.54. The maximum absolute atomic E-state index is 12.0. The minimum Gasteiger partial charge on any atom is -0.317 e. The Hall–Kier alpha value is -0.910. The van der Waals surface area contributed by atoms with Crippen molar-refractivity contribution in [3.63, 3.8) is 0 Å². The molecule has 0 heterocycles. The molecule has 1 aliphatic rings. The van der Waals surface area contributed by atoms with Crippen LogP contribution < -0.4 is 10.0 Å². The van der Waals surface area contributed by atoms with Gasteiger partial charge >= 0.3 is 0 Å². The molecule has 5 heteroatoms. The number of hydrogen-bond donors (Lipinski definition) is 2. The molecule has 0 amide bonds. The lowest BCUT2D eigenvalue weighted by atomic mass is 10.1. The Bertz CT molecular complexity index is 503. The van der Waals surface area contributed by atoms with Crippen LogP contribution in [0.15, 0.2) is 24.3 Å². The average molecular weight is 296 g/mol. The highest BCUT2D eigenvalue weighted by atomic mass is 32.2. The summed E-state index contributed by atoms with van der Waals surface area (Å²) in [7, 11) is -3.16. The highest BCUT2D eigenvalue weighted by Gasteiger charge is 2.24. The molecule has 2 rings (SSSR count). The minimum absolute atomic E-state index is 0.0287. The fourth-order valence-corrected chi connectivity index (χ4v) is 3.96. The Morgan fingerprint density at radius 3 is 2.40 bits per heavy atom.